The first-order chi connectivity index (χ1) is 10.2. The second-order valence-electron chi connectivity index (χ2n) is 5.63. The van der Waals surface area contributed by atoms with Crippen LogP contribution >= 0.6 is 0 Å². The summed E-state index contributed by atoms with van der Waals surface area (Å²) >= 11 is 0. The van der Waals surface area contributed by atoms with Gasteiger partial charge in [0.05, 0.1) is 18.5 Å². The highest BCUT2D eigenvalue weighted by molar-refractivity contribution is 5.82. The van der Waals surface area contributed by atoms with Crippen LogP contribution in [0.4, 0.5) is 5.82 Å². The van der Waals surface area contributed by atoms with Gasteiger partial charge in [-0.2, -0.15) is 0 Å². The number of ether oxygens (including phenoxy) is 1. The summed E-state index contributed by atoms with van der Waals surface area (Å²) in [6, 6.07) is 10.3. The largest absolute Gasteiger partial charge is 0.469 e. The van der Waals surface area contributed by atoms with Crippen molar-refractivity contribution in [3.63, 3.8) is 0 Å². The van der Waals surface area contributed by atoms with E-state index in [1.807, 2.05) is 18.2 Å². The average molecular weight is 284 g/mol. The average Bonchev–Trinajstić information content (AvgIpc) is 2.53. The van der Waals surface area contributed by atoms with Crippen LogP contribution in [0.15, 0.2) is 30.3 Å². The first-order valence-corrected chi connectivity index (χ1v) is 7.38. The summed E-state index contributed by atoms with van der Waals surface area (Å²) in [7, 11) is 1.46. The molecule has 1 unspecified atom stereocenters. The van der Waals surface area contributed by atoms with Crippen molar-refractivity contribution in [2.45, 2.75) is 19.8 Å². The van der Waals surface area contributed by atoms with E-state index in [1.54, 1.807) is 0 Å². The number of esters is 1. The number of aromatic nitrogens is 1. The molecule has 0 bridgehead atoms. The molecule has 0 aliphatic carbocycles. The quantitative estimate of drug-likeness (QED) is 0.795. The van der Waals surface area contributed by atoms with Gasteiger partial charge >= 0.3 is 5.97 Å². The van der Waals surface area contributed by atoms with Crippen molar-refractivity contribution in [2.24, 2.45) is 5.92 Å². The predicted molar refractivity (Wildman–Crippen MR) is 83.4 cm³/mol. The molecule has 1 atom stereocenters. The van der Waals surface area contributed by atoms with Crippen molar-refractivity contribution in [2.75, 3.05) is 25.1 Å². The van der Waals surface area contributed by atoms with E-state index >= 15 is 0 Å². The number of anilines is 1. The van der Waals surface area contributed by atoms with E-state index in [2.05, 4.69) is 24.0 Å². The van der Waals surface area contributed by atoms with Gasteiger partial charge in [-0.15, -0.1) is 0 Å². The number of aryl methyl sites for hydroxylation is 1. The monoisotopic (exact) mass is 284 g/mol. The highest BCUT2D eigenvalue weighted by Gasteiger charge is 2.27. The Hall–Kier alpha value is -2.10. The number of piperidine rings is 1. The molecule has 4 heteroatoms. The molecule has 2 aromatic rings. The van der Waals surface area contributed by atoms with Crippen LogP contribution in [0.3, 0.4) is 0 Å². The molecule has 2 heterocycles. The van der Waals surface area contributed by atoms with E-state index in [9.17, 15) is 4.79 Å². The number of fused-ring (bicyclic) bond motifs is 1. The number of hydrogen-bond acceptors (Lipinski definition) is 4. The van der Waals surface area contributed by atoms with E-state index in [4.69, 9.17) is 9.72 Å². The van der Waals surface area contributed by atoms with Gasteiger partial charge in [0.15, 0.2) is 0 Å². The Kier molecular flexibility index (Phi) is 3.78. The molecule has 4 nitrogen and oxygen atoms in total. The standard InChI is InChI=1S/C17H20N2O2/c1-12-10-13-6-3-4-8-15(13)18-16(12)19-9-5-7-14(11-19)17(20)21-2/h3-4,6,8,10,14H,5,7,9,11H2,1-2H3. The van der Waals surface area contributed by atoms with Crippen LogP contribution in [0.25, 0.3) is 10.9 Å². The molecule has 1 fully saturated rings. The van der Waals surface area contributed by atoms with Gasteiger partial charge in [-0.05, 0) is 37.5 Å². The highest BCUT2D eigenvalue weighted by atomic mass is 16.5. The van der Waals surface area contributed by atoms with Crippen molar-refractivity contribution in [1.29, 1.82) is 0 Å². The topological polar surface area (TPSA) is 42.4 Å². The molecular formula is C17H20N2O2. The SMILES string of the molecule is COC(=O)C1CCCN(c2nc3ccccc3cc2C)C1. The zero-order valence-corrected chi connectivity index (χ0v) is 12.5. The Balaban J connectivity index is 1.92. The number of benzene rings is 1. The molecule has 1 saturated heterocycles. The zero-order valence-electron chi connectivity index (χ0n) is 12.5. The van der Waals surface area contributed by atoms with Gasteiger partial charge in [-0.25, -0.2) is 4.98 Å². The normalized spacial score (nSPS) is 18.8. The van der Waals surface area contributed by atoms with E-state index in [0.717, 1.165) is 41.7 Å². The molecule has 3 rings (SSSR count). The molecule has 0 N–H and O–H groups in total. The Morgan fingerprint density at radius 1 is 1.38 bits per heavy atom. The zero-order chi connectivity index (χ0) is 14.8. The molecule has 0 amide bonds. The lowest BCUT2D eigenvalue weighted by atomic mass is 9.98. The lowest BCUT2D eigenvalue weighted by Gasteiger charge is -2.33. The smallest absolute Gasteiger partial charge is 0.310 e. The summed E-state index contributed by atoms with van der Waals surface area (Å²) in [6.07, 6.45) is 1.89. The molecule has 0 saturated carbocycles. The van der Waals surface area contributed by atoms with Crippen LogP contribution in [0, 0.1) is 12.8 Å². The van der Waals surface area contributed by atoms with E-state index in [0.29, 0.717) is 6.54 Å². The minimum atomic E-state index is -0.113. The van der Waals surface area contributed by atoms with Gasteiger partial charge in [-0.3, -0.25) is 4.79 Å². The molecular weight excluding hydrogens is 264 g/mol. The lowest BCUT2D eigenvalue weighted by molar-refractivity contribution is -0.145. The van der Waals surface area contributed by atoms with Gasteiger partial charge in [0.2, 0.25) is 0 Å². The van der Waals surface area contributed by atoms with Crippen LogP contribution in [0.2, 0.25) is 0 Å². The molecule has 0 radical (unpaired) electrons. The van der Waals surface area contributed by atoms with Gasteiger partial charge in [0.1, 0.15) is 5.82 Å². The minimum absolute atomic E-state index is 0.0450. The first kappa shape index (κ1) is 13.9. The molecule has 1 aliphatic rings. The van der Waals surface area contributed by atoms with Crippen molar-refractivity contribution in [3.8, 4) is 0 Å². The third-order valence-electron chi connectivity index (χ3n) is 4.14. The van der Waals surface area contributed by atoms with Gasteiger partial charge in [0, 0.05) is 18.5 Å². The third-order valence-corrected chi connectivity index (χ3v) is 4.14. The summed E-state index contributed by atoms with van der Waals surface area (Å²) < 4.78 is 4.89. The fourth-order valence-electron chi connectivity index (χ4n) is 3.06. The van der Waals surface area contributed by atoms with E-state index in [-0.39, 0.29) is 11.9 Å². The fraction of sp³-hybridized carbons (Fsp3) is 0.412. The minimum Gasteiger partial charge on any atom is -0.469 e. The molecule has 21 heavy (non-hydrogen) atoms. The van der Waals surface area contributed by atoms with E-state index < -0.39 is 0 Å². The first-order valence-electron chi connectivity index (χ1n) is 7.38. The van der Waals surface area contributed by atoms with Crippen LogP contribution in [0.1, 0.15) is 18.4 Å². The Morgan fingerprint density at radius 3 is 3.00 bits per heavy atom. The predicted octanol–water partition coefficient (Wildman–Crippen LogP) is 2.93. The molecule has 1 aromatic heterocycles. The maximum Gasteiger partial charge on any atom is 0.310 e. The van der Waals surface area contributed by atoms with Crippen molar-refractivity contribution in [3.05, 3.63) is 35.9 Å². The fourth-order valence-corrected chi connectivity index (χ4v) is 3.06. The number of pyridine rings is 1. The number of carbonyl (C=O) groups is 1. The summed E-state index contributed by atoms with van der Waals surface area (Å²) in [6.45, 7) is 3.72. The van der Waals surface area contributed by atoms with Crippen LogP contribution < -0.4 is 4.90 Å². The number of rotatable bonds is 2. The number of methoxy groups -OCH3 is 1. The Labute approximate surface area is 124 Å². The Bertz CT molecular complexity index is 669. The number of carbonyl (C=O) groups excluding carboxylic acids is 1. The van der Waals surface area contributed by atoms with Crippen LogP contribution in [-0.2, 0) is 9.53 Å². The van der Waals surface area contributed by atoms with Crippen LogP contribution in [-0.4, -0.2) is 31.2 Å². The summed E-state index contributed by atoms with van der Waals surface area (Å²) in [5, 5.41) is 1.15. The van der Waals surface area contributed by atoms with Gasteiger partial charge in [0.25, 0.3) is 0 Å². The molecule has 110 valence electrons. The summed E-state index contributed by atoms with van der Waals surface area (Å²) in [5.74, 6) is 0.830. The second kappa shape index (κ2) is 5.72. The number of hydrogen-bond donors (Lipinski definition) is 0. The summed E-state index contributed by atoms with van der Waals surface area (Å²) in [5.41, 5.74) is 2.15. The molecule has 0 spiro atoms. The summed E-state index contributed by atoms with van der Waals surface area (Å²) in [4.78, 5) is 18.8. The molecule has 1 aliphatic heterocycles. The third kappa shape index (κ3) is 2.71. The highest BCUT2D eigenvalue weighted by Crippen LogP contribution is 2.27. The number of nitrogens with zero attached hydrogens (tertiary/aromatic N) is 2. The molecule has 1 aromatic carbocycles. The van der Waals surface area contributed by atoms with Crippen molar-refractivity contribution >= 4 is 22.7 Å². The van der Waals surface area contributed by atoms with Crippen LogP contribution in [0.5, 0.6) is 0 Å². The van der Waals surface area contributed by atoms with E-state index in [1.165, 1.54) is 7.11 Å². The Morgan fingerprint density at radius 2 is 2.19 bits per heavy atom. The second-order valence-corrected chi connectivity index (χ2v) is 5.63. The van der Waals surface area contributed by atoms with Gasteiger partial charge in [-0.1, -0.05) is 18.2 Å². The maximum atomic E-state index is 11.8. The maximum absolute atomic E-state index is 11.8. The number of para-hydroxylation sites is 1. The van der Waals surface area contributed by atoms with Crippen molar-refractivity contribution < 1.29 is 9.53 Å². The van der Waals surface area contributed by atoms with Crippen molar-refractivity contribution in [1.82, 2.24) is 4.98 Å². The lowest BCUT2D eigenvalue weighted by Crippen LogP contribution is -2.40. The van der Waals surface area contributed by atoms with Gasteiger partial charge < -0.3 is 9.64 Å².